The van der Waals surface area contributed by atoms with Gasteiger partial charge in [-0.3, -0.25) is 9.59 Å². The monoisotopic (exact) mass is 299 g/mol. The number of benzene rings is 1. The van der Waals surface area contributed by atoms with Crippen LogP contribution < -0.4 is 5.32 Å². The minimum Gasteiger partial charge on any atom is -0.460 e. The number of carbonyl (C=O) groups excluding carboxylic acids is 2. The van der Waals surface area contributed by atoms with E-state index in [1.54, 1.807) is 20.8 Å². The fourth-order valence-electron chi connectivity index (χ4n) is 1.58. The summed E-state index contributed by atoms with van der Waals surface area (Å²) in [7, 11) is 0. The van der Waals surface area contributed by atoms with Crippen LogP contribution >= 0.6 is 0 Å². The van der Waals surface area contributed by atoms with Crippen LogP contribution in [0.3, 0.4) is 0 Å². The summed E-state index contributed by atoms with van der Waals surface area (Å²) in [5.74, 6) is -0.897. The zero-order chi connectivity index (χ0) is 16.0. The van der Waals surface area contributed by atoms with Gasteiger partial charge in [0.2, 0.25) is 5.91 Å². The number of carbonyl (C=O) groups is 2. The lowest BCUT2D eigenvalue weighted by Gasteiger charge is -2.19. The molecular formula is C15H19F2NO3. The number of ether oxygens (including phenoxy) is 1. The van der Waals surface area contributed by atoms with E-state index < -0.39 is 23.9 Å². The zero-order valence-electron chi connectivity index (χ0n) is 12.3. The SMILES string of the molecule is CC(C)(C)OC(=O)CCC(=O)Nc1cccc(C(F)F)c1. The van der Waals surface area contributed by atoms with Crippen LogP contribution in [0.5, 0.6) is 0 Å². The minimum absolute atomic E-state index is 0.0579. The number of anilines is 1. The normalized spacial score (nSPS) is 11.3. The van der Waals surface area contributed by atoms with Crippen LogP contribution in [0.25, 0.3) is 0 Å². The first-order valence-electron chi connectivity index (χ1n) is 6.57. The second kappa shape index (κ2) is 7.15. The van der Waals surface area contributed by atoms with Crippen LogP contribution in [-0.2, 0) is 14.3 Å². The summed E-state index contributed by atoms with van der Waals surface area (Å²) < 4.78 is 30.1. The van der Waals surface area contributed by atoms with Crippen LogP contribution in [0, 0.1) is 0 Å². The summed E-state index contributed by atoms with van der Waals surface area (Å²) in [5.41, 5.74) is -0.485. The molecule has 0 aliphatic heterocycles. The fourth-order valence-corrected chi connectivity index (χ4v) is 1.58. The molecule has 1 aromatic rings. The summed E-state index contributed by atoms with van der Waals surface area (Å²) in [6, 6.07) is 5.43. The van der Waals surface area contributed by atoms with Gasteiger partial charge in [-0.25, -0.2) is 8.78 Å². The molecule has 6 heteroatoms. The van der Waals surface area contributed by atoms with Crippen molar-refractivity contribution in [3.8, 4) is 0 Å². The lowest BCUT2D eigenvalue weighted by Crippen LogP contribution is -2.24. The molecule has 0 aromatic heterocycles. The van der Waals surface area contributed by atoms with Gasteiger partial charge in [0.1, 0.15) is 5.60 Å². The molecule has 0 saturated heterocycles. The standard InChI is InChI=1S/C15H19F2NO3/c1-15(2,3)21-13(20)8-7-12(19)18-11-6-4-5-10(9-11)14(16)17/h4-6,9,14H,7-8H2,1-3H3,(H,18,19). The van der Waals surface area contributed by atoms with Gasteiger partial charge < -0.3 is 10.1 Å². The highest BCUT2D eigenvalue weighted by Crippen LogP contribution is 2.21. The molecule has 1 amide bonds. The first-order chi connectivity index (χ1) is 9.67. The van der Waals surface area contributed by atoms with Crippen LogP contribution in [0.2, 0.25) is 0 Å². The molecular weight excluding hydrogens is 280 g/mol. The molecule has 116 valence electrons. The van der Waals surface area contributed by atoms with Gasteiger partial charge in [0, 0.05) is 17.7 Å². The van der Waals surface area contributed by atoms with Crippen molar-refractivity contribution >= 4 is 17.6 Å². The Kier molecular flexibility index (Phi) is 5.81. The van der Waals surface area contributed by atoms with Crippen LogP contribution in [-0.4, -0.2) is 17.5 Å². The number of amides is 1. The summed E-state index contributed by atoms with van der Waals surface area (Å²) in [6.45, 7) is 5.21. The third kappa shape index (κ3) is 6.83. The predicted octanol–water partition coefficient (Wildman–Crippen LogP) is 3.68. The van der Waals surface area contributed by atoms with Gasteiger partial charge in [0.25, 0.3) is 6.43 Å². The molecule has 0 aliphatic rings. The Morgan fingerprint density at radius 2 is 1.90 bits per heavy atom. The number of nitrogens with one attached hydrogen (secondary N) is 1. The van der Waals surface area contributed by atoms with Crippen molar-refractivity contribution in [3.63, 3.8) is 0 Å². The Labute approximate surface area is 122 Å². The zero-order valence-corrected chi connectivity index (χ0v) is 12.3. The Morgan fingerprint density at radius 3 is 2.48 bits per heavy atom. The van der Waals surface area contributed by atoms with Gasteiger partial charge in [-0.05, 0) is 32.9 Å². The molecule has 1 N–H and O–H groups in total. The van der Waals surface area contributed by atoms with E-state index in [0.717, 1.165) is 0 Å². The molecule has 0 atom stereocenters. The van der Waals surface area contributed by atoms with Crippen molar-refractivity contribution in [1.29, 1.82) is 0 Å². The second-order valence-corrected chi connectivity index (χ2v) is 5.56. The molecule has 0 aliphatic carbocycles. The van der Waals surface area contributed by atoms with Crippen molar-refractivity contribution in [2.75, 3.05) is 5.32 Å². The van der Waals surface area contributed by atoms with Crippen molar-refractivity contribution < 1.29 is 23.1 Å². The molecule has 0 bridgehead atoms. The topological polar surface area (TPSA) is 55.4 Å². The van der Waals surface area contributed by atoms with Crippen molar-refractivity contribution in [3.05, 3.63) is 29.8 Å². The van der Waals surface area contributed by atoms with Gasteiger partial charge in [-0.1, -0.05) is 12.1 Å². The molecule has 0 fully saturated rings. The maximum Gasteiger partial charge on any atom is 0.306 e. The highest BCUT2D eigenvalue weighted by Gasteiger charge is 2.17. The Hall–Kier alpha value is -1.98. The van der Waals surface area contributed by atoms with E-state index in [1.807, 2.05) is 0 Å². The van der Waals surface area contributed by atoms with Crippen molar-refractivity contribution in [2.45, 2.75) is 45.6 Å². The molecule has 4 nitrogen and oxygen atoms in total. The first kappa shape index (κ1) is 17.1. The largest absolute Gasteiger partial charge is 0.460 e. The number of esters is 1. The number of hydrogen-bond acceptors (Lipinski definition) is 3. The molecule has 21 heavy (non-hydrogen) atoms. The van der Waals surface area contributed by atoms with Gasteiger partial charge in [0.05, 0.1) is 6.42 Å². The average Bonchev–Trinajstić information content (AvgIpc) is 2.34. The number of hydrogen-bond donors (Lipinski definition) is 1. The molecule has 1 aromatic carbocycles. The van der Waals surface area contributed by atoms with Crippen LogP contribution in [0.4, 0.5) is 14.5 Å². The molecule has 0 saturated carbocycles. The predicted molar refractivity (Wildman–Crippen MR) is 75.1 cm³/mol. The van der Waals surface area contributed by atoms with Crippen LogP contribution in [0.1, 0.15) is 45.6 Å². The van der Waals surface area contributed by atoms with E-state index >= 15 is 0 Å². The smallest absolute Gasteiger partial charge is 0.306 e. The minimum atomic E-state index is -2.59. The Bertz CT molecular complexity index is 510. The van der Waals surface area contributed by atoms with E-state index in [0.29, 0.717) is 0 Å². The second-order valence-electron chi connectivity index (χ2n) is 5.56. The lowest BCUT2D eigenvalue weighted by atomic mass is 10.2. The van der Waals surface area contributed by atoms with Gasteiger partial charge in [0.15, 0.2) is 0 Å². The highest BCUT2D eigenvalue weighted by atomic mass is 19.3. The van der Waals surface area contributed by atoms with Gasteiger partial charge >= 0.3 is 5.97 Å². The Morgan fingerprint density at radius 1 is 1.24 bits per heavy atom. The molecule has 1 rings (SSSR count). The van der Waals surface area contributed by atoms with E-state index in [1.165, 1.54) is 24.3 Å². The van der Waals surface area contributed by atoms with Crippen molar-refractivity contribution in [2.24, 2.45) is 0 Å². The Balaban J connectivity index is 2.47. The van der Waals surface area contributed by atoms with Crippen LogP contribution in [0.15, 0.2) is 24.3 Å². The third-order valence-corrected chi connectivity index (χ3v) is 2.40. The van der Waals surface area contributed by atoms with E-state index in [-0.39, 0.29) is 24.1 Å². The number of alkyl halides is 2. The van der Waals surface area contributed by atoms with E-state index in [2.05, 4.69) is 5.32 Å². The molecule has 0 spiro atoms. The maximum atomic E-state index is 12.5. The lowest BCUT2D eigenvalue weighted by molar-refractivity contribution is -0.155. The molecule has 0 heterocycles. The third-order valence-electron chi connectivity index (χ3n) is 2.40. The average molecular weight is 299 g/mol. The molecule has 0 radical (unpaired) electrons. The summed E-state index contributed by atoms with van der Waals surface area (Å²) in [6.07, 6.45) is -2.71. The van der Waals surface area contributed by atoms with E-state index in [9.17, 15) is 18.4 Å². The number of rotatable bonds is 5. The first-order valence-corrected chi connectivity index (χ1v) is 6.57. The number of halogens is 2. The summed E-state index contributed by atoms with van der Waals surface area (Å²) in [4.78, 5) is 23.1. The fraction of sp³-hybridized carbons (Fsp3) is 0.467. The van der Waals surface area contributed by atoms with E-state index in [4.69, 9.17) is 4.74 Å². The van der Waals surface area contributed by atoms with Crippen molar-refractivity contribution in [1.82, 2.24) is 0 Å². The summed E-state index contributed by atoms with van der Waals surface area (Å²) >= 11 is 0. The summed E-state index contributed by atoms with van der Waals surface area (Å²) in [5, 5.41) is 2.48. The molecule has 0 unspecified atom stereocenters. The van der Waals surface area contributed by atoms with Gasteiger partial charge in [-0.2, -0.15) is 0 Å². The van der Waals surface area contributed by atoms with Gasteiger partial charge in [-0.15, -0.1) is 0 Å². The maximum absolute atomic E-state index is 12.5. The quantitative estimate of drug-likeness (QED) is 0.844. The highest BCUT2D eigenvalue weighted by molar-refractivity contribution is 5.92.